The SMILES string of the molecule is Cn1nccc1C(=O)Nc1cccc(-c2cncnc2)c1. The second-order valence-electron chi connectivity index (χ2n) is 4.50. The molecule has 2 aromatic heterocycles. The highest BCUT2D eigenvalue weighted by molar-refractivity contribution is 6.03. The van der Waals surface area contributed by atoms with Gasteiger partial charge in [0, 0.05) is 36.9 Å². The van der Waals surface area contributed by atoms with Gasteiger partial charge in [0.25, 0.3) is 5.91 Å². The van der Waals surface area contributed by atoms with Gasteiger partial charge in [0.15, 0.2) is 0 Å². The predicted octanol–water partition coefficient (Wildman–Crippen LogP) is 2.13. The minimum Gasteiger partial charge on any atom is -0.321 e. The smallest absolute Gasteiger partial charge is 0.273 e. The maximum atomic E-state index is 12.1. The first-order valence-corrected chi connectivity index (χ1v) is 6.39. The van der Waals surface area contributed by atoms with Gasteiger partial charge in [-0.15, -0.1) is 0 Å². The average Bonchev–Trinajstić information content (AvgIpc) is 2.95. The third-order valence-corrected chi connectivity index (χ3v) is 3.07. The van der Waals surface area contributed by atoms with Crippen LogP contribution in [0.2, 0.25) is 0 Å². The van der Waals surface area contributed by atoms with E-state index in [0.717, 1.165) is 11.1 Å². The summed E-state index contributed by atoms with van der Waals surface area (Å²) in [5.74, 6) is -0.198. The summed E-state index contributed by atoms with van der Waals surface area (Å²) in [5, 5.41) is 6.84. The van der Waals surface area contributed by atoms with E-state index >= 15 is 0 Å². The Bertz CT molecular complexity index is 766. The van der Waals surface area contributed by atoms with Crippen molar-refractivity contribution in [2.45, 2.75) is 0 Å². The lowest BCUT2D eigenvalue weighted by Gasteiger charge is -2.07. The van der Waals surface area contributed by atoms with Crippen molar-refractivity contribution in [1.29, 1.82) is 0 Å². The Labute approximate surface area is 121 Å². The van der Waals surface area contributed by atoms with Crippen LogP contribution in [0.5, 0.6) is 0 Å². The Balaban J connectivity index is 1.84. The zero-order valence-electron chi connectivity index (χ0n) is 11.4. The molecular formula is C15H13N5O. The lowest BCUT2D eigenvalue weighted by atomic mass is 10.1. The maximum absolute atomic E-state index is 12.1. The Kier molecular flexibility index (Phi) is 3.42. The molecule has 3 rings (SSSR count). The van der Waals surface area contributed by atoms with Crippen molar-refractivity contribution in [3.8, 4) is 11.1 Å². The van der Waals surface area contributed by atoms with Gasteiger partial charge < -0.3 is 5.32 Å². The van der Waals surface area contributed by atoms with Gasteiger partial charge >= 0.3 is 0 Å². The van der Waals surface area contributed by atoms with Crippen LogP contribution in [0.4, 0.5) is 5.69 Å². The number of hydrogen-bond acceptors (Lipinski definition) is 4. The van der Waals surface area contributed by atoms with Crippen LogP contribution < -0.4 is 5.32 Å². The van der Waals surface area contributed by atoms with E-state index in [4.69, 9.17) is 0 Å². The fourth-order valence-corrected chi connectivity index (χ4v) is 2.02. The van der Waals surface area contributed by atoms with Crippen LogP contribution in [0.25, 0.3) is 11.1 Å². The molecule has 0 radical (unpaired) electrons. The van der Waals surface area contributed by atoms with Gasteiger partial charge in [-0.1, -0.05) is 12.1 Å². The summed E-state index contributed by atoms with van der Waals surface area (Å²) >= 11 is 0. The normalized spacial score (nSPS) is 10.3. The molecule has 0 spiro atoms. The van der Waals surface area contributed by atoms with Gasteiger partial charge in [0.05, 0.1) is 0 Å². The number of nitrogens with zero attached hydrogens (tertiary/aromatic N) is 4. The van der Waals surface area contributed by atoms with Crippen molar-refractivity contribution < 1.29 is 4.79 Å². The monoisotopic (exact) mass is 279 g/mol. The zero-order chi connectivity index (χ0) is 14.7. The number of benzene rings is 1. The molecular weight excluding hydrogens is 266 g/mol. The van der Waals surface area contributed by atoms with Crippen molar-refractivity contribution >= 4 is 11.6 Å². The van der Waals surface area contributed by atoms with Crippen molar-refractivity contribution in [1.82, 2.24) is 19.7 Å². The summed E-state index contributed by atoms with van der Waals surface area (Å²) in [7, 11) is 1.73. The van der Waals surface area contributed by atoms with E-state index in [1.807, 2.05) is 24.3 Å². The third kappa shape index (κ3) is 2.79. The molecule has 0 aliphatic carbocycles. The van der Waals surface area contributed by atoms with Crippen LogP contribution in [0, 0.1) is 0 Å². The highest BCUT2D eigenvalue weighted by atomic mass is 16.2. The van der Waals surface area contributed by atoms with Crippen molar-refractivity contribution in [3.05, 3.63) is 60.9 Å². The number of hydrogen-bond donors (Lipinski definition) is 1. The number of amides is 1. The summed E-state index contributed by atoms with van der Waals surface area (Å²) in [6.45, 7) is 0. The van der Waals surface area contributed by atoms with Crippen LogP contribution in [0.1, 0.15) is 10.5 Å². The number of rotatable bonds is 3. The van der Waals surface area contributed by atoms with Gasteiger partial charge in [-0.2, -0.15) is 5.10 Å². The van der Waals surface area contributed by atoms with Gasteiger partial charge in [-0.3, -0.25) is 9.48 Å². The molecule has 6 nitrogen and oxygen atoms in total. The van der Waals surface area contributed by atoms with Crippen LogP contribution in [-0.4, -0.2) is 25.7 Å². The van der Waals surface area contributed by atoms with E-state index in [-0.39, 0.29) is 5.91 Å². The van der Waals surface area contributed by atoms with Crippen molar-refractivity contribution in [2.75, 3.05) is 5.32 Å². The van der Waals surface area contributed by atoms with E-state index in [0.29, 0.717) is 11.4 Å². The molecule has 21 heavy (non-hydrogen) atoms. The largest absolute Gasteiger partial charge is 0.321 e. The third-order valence-electron chi connectivity index (χ3n) is 3.07. The Hall–Kier alpha value is -3.02. The highest BCUT2D eigenvalue weighted by Crippen LogP contribution is 2.21. The van der Waals surface area contributed by atoms with Gasteiger partial charge in [0.2, 0.25) is 0 Å². The van der Waals surface area contributed by atoms with Crippen molar-refractivity contribution in [2.24, 2.45) is 7.05 Å². The van der Waals surface area contributed by atoms with Crippen LogP contribution in [0.15, 0.2) is 55.2 Å². The molecule has 1 aromatic carbocycles. The van der Waals surface area contributed by atoms with Crippen LogP contribution in [0.3, 0.4) is 0 Å². The molecule has 0 aliphatic rings. The minimum atomic E-state index is -0.198. The minimum absolute atomic E-state index is 0.198. The van der Waals surface area contributed by atoms with E-state index in [1.54, 1.807) is 31.7 Å². The Morgan fingerprint density at radius 1 is 1.14 bits per heavy atom. The molecule has 0 saturated heterocycles. The van der Waals surface area contributed by atoms with Crippen molar-refractivity contribution in [3.63, 3.8) is 0 Å². The van der Waals surface area contributed by atoms with Gasteiger partial charge in [-0.25, -0.2) is 9.97 Å². The van der Waals surface area contributed by atoms with E-state index < -0.39 is 0 Å². The zero-order valence-corrected chi connectivity index (χ0v) is 11.4. The molecule has 1 amide bonds. The fraction of sp³-hybridized carbons (Fsp3) is 0.0667. The number of anilines is 1. The molecule has 0 unspecified atom stereocenters. The Morgan fingerprint density at radius 3 is 2.67 bits per heavy atom. The molecule has 104 valence electrons. The maximum Gasteiger partial charge on any atom is 0.273 e. The van der Waals surface area contributed by atoms with E-state index in [1.165, 1.54) is 11.0 Å². The van der Waals surface area contributed by atoms with Crippen LogP contribution in [-0.2, 0) is 7.05 Å². The quantitative estimate of drug-likeness (QED) is 0.797. The number of carbonyl (C=O) groups excluding carboxylic acids is 1. The van der Waals surface area contributed by atoms with Gasteiger partial charge in [0.1, 0.15) is 12.0 Å². The standard InChI is InChI=1S/C15H13N5O/c1-20-14(5-6-18-20)15(21)19-13-4-2-3-11(7-13)12-8-16-10-17-9-12/h2-10H,1H3,(H,19,21). The lowest BCUT2D eigenvalue weighted by molar-refractivity contribution is 0.101. The second-order valence-corrected chi connectivity index (χ2v) is 4.50. The number of aromatic nitrogens is 4. The molecule has 0 atom stereocenters. The first-order valence-electron chi connectivity index (χ1n) is 6.39. The number of carbonyl (C=O) groups is 1. The fourth-order valence-electron chi connectivity index (χ4n) is 2.02. The predicted molar refractivity (Wildman–Crippen MR) is 78.6 cm³/mol. The molecule has 0 saturated carbocycles. The molecule has 6 heteroatoms. The number of nitrogens with one attached hydrogen (secondary N) is 1. The molecule has 0 fully saturated rings. The van der Waals surface area contributed by atoms with Crippen LogP contribution >= 0.6 is 0 Å². The Morgan fingerprint density at radius 2 is 1.95 bits per heavy atom. The summed E-state index contributed by atoms with van der Waals surface area (Å²) in [6, 6.07) is 9.21. The highest BCUT2D eigenvalue weighted by Gasteiger charge is 2.10. The lowest BCUT2D eigenvalue weighted by Crippen LogP contribution is -2.16. The summed E-state index contributed by atoms with van der Waals surface area (Å²) in [6.07, 6.45) is 6.54. The molecule has 0 bridgehead atoms. The molecule has 1 N–H and O–H groups in total. The van der Waals surface area contributed by atoms with E-state index in [9.17, 15) is 4.79 Å². The molecule has 2 heterocycles. The molecule has 0 aliphatic heterocycles. The number of aryl methyl sites for hydroxylation is 1. The van der Waals surface area contributed by atoms with Gasteiger partial charge in [-0.05, 0) is 23.8 Å². The summed E-state index contributed by atoms with van der Waals surface area (Å²) in [5.41, 5.74) is 3.05. The summed E-state index contributed by atoms with van der Waals surface area (Å²) in [4.78, 5) is 20.1. The topological polar surface area (TPSA) is 72.7 Å². The summed E-state index contributed by atoms with van der Waals surface area (Å²) < 4.78 is 1.53. The average molecular weight is 279 g/mol. The first kappa shape index (κ1) is 13.0. The molecule has 3 aromatic rings. The van der Waals surface area contributed by atoms with E-state index in [2.05, 4.69) is 20.4 Å². The first-order chi connectivity index (χ1) is 10.2. The second kappa shape index (κ2) is 5.54.